The summed E-state index contributed by atoms with van der Waals surface area (Å²) in [6.07, 6.45) is 1.80. The van der Waals surface area contributed by atoms with E-state index in [1.807, 2.05) is 19.2 Å². The fraction of sp³-hybridized carbons (Fsp3) is 0.344. The Kier molecular flexibility index (Phi) is 9.34. The van der Waals surface area contributed by atoms with E-state index in [9.17, 15) is 13.2 Å². The predicted octanol–water partition coefficient (Wildman–Crippen LogP) is 5.97. The van der Waals surface area contributed by atoms with Crippen LogP contribution in [0.15, 0.2) is 85.3 Å². The van der Waals surface area contributed by atoms with Crippen LogP contribution in [0.5, 0.6) is 0 Å². The van der Waals surface area contributed by atoms with Gasteiger partial charge in [0.1, 0.15) is 0 Å². The molecule has 0 atom stereocenters. The van der Waals surface area contributed by atoms with Gasteiger partial charge in [-0.15, -0.1) is 0 Å². The van der Waals surface area contributed by atoms with Gasteiger partial charge in [0, 0.05) is 81.8 Å². The lowest BCUT2D eigenvalue weighted by atomic mass is 10.1. The van der Waals surface area contributed by atoms with Gasteiger partial charge >= 0.3 is 6.18 Å². The molecule has 0 aliphatic carbocycles. The summed E-state index contributed by atoms with van der Waals surface area (Å²) in [5, 5.41) is 0. The fourth-order valence-corrected chi connectivity index (χ4v) is 5.06. The summed E-state index contributed by atoms with van der Waals surface area (Å²) in [5.41, 5.74) is 3.76. The molecule has 1 aliphatic heterocycles. The number of alkyl halides is 3. The molecule has 2 aromatic carbocycles. The Hall–Kier alpha value is -4.02. The van der Waals surface area contributed by atoms with Crippen molar-refractivity contribution in [2.75, 3.05) is 63.2 Å². The van der Waals surface area contributed by atoms with Crippen molar-refractivity contribution in [2.24, 2.45) is 0 Å². The van der Waals surface area contributed by atoms with Crippen LogP contribution in [-0.2, 0) is 12.7 Å². The molecular formula is C32H36F3N7. The zero-order valence-corrected chi connectivity index (χ0v) is 24.0. The van der Waals surface area contributed by atoms with Gasteiger partial charge < -0.3 is 19.6 Å². The summed E-state index contributed by atoms with van der Waals surface area (Å²) in [6.45, 7) is 6.61. The highest BCUT2D eigenvalue weighted by atomic mass is 19.4. The molecule has 3 heterocycles. The number of hydrogen-bond acceptors (Lipinski definition) is 7. The van der Waals surface area contributed by atoms with Crippen LogP contribution in [0.4, 0.5) is 30.5 Å². The quantitative estimate of drug-likeness (QED) is 0.231. The Morgan fingerprint density at radius 3 is 2.14 bits per heavy atom. The third-order valence-corrected chi connectivity index (χ3v) is 7.68. The third-order valence-electron chi connectivity index (χ3n) is 7.68. The Morgan fingerprint density at radius 2 is 1.48 bits per heavy atom. The van der Waals surface area contributed by atoms with Crippen molar-refractivity contribution in [1.82, 2.24) is 24.8 Å². The number of hydrogen-bond donors (Lipinski definition) is 0. The molecule has 4 aromatic rings. The lowest BCUT2D eigenvalue weighted by Gasteiger charge is -2.33. The Bertz CT molecular complexity index is 1400. The Balaban J connectivity index is 1.33. The summed E-state index contributed by atoms with van der Waals surface area (Å²) < 4.78 is 39.2. The molecule has 0 radical (unpaired) electrons. The zero-order chi connectivity index (χ0) is 29.5. The molecule has 0 unspecified atom stereocenters. The molecule has 1 fully saturated rings. The van der Waals surface area contributed by atoms with Gasteiger partial charge in [0.2, 0.25) is 5.95 Å². The molecule has 220 valence electrons. The van der Waals surface area contributed by atoms with E-state index < -0.39 is 11.7 Å². The van der Waals surface area contributed by atoms with Gasteiger partial charge in [-0.05, 0) is 68.0 Å². The molecule has 0 spiro atoms. The number of benzene rings is 2. The molecule has 1 aliphatic rings. The van der Waals surface area contributed by atoms with Crippen LogP contribution in [0.25, 0.3) is 11.3 Å². The van der Waals surface area contributed by atoms with E-state index in [1.165, 1.54) is 12.1 Å². The molecule has 42 heavy (non-hydrogen) atoms. The van der Waals surface area contributed by atoms with E-state index in [2.05, 4.69) is 60.9 Å². The highest BCUT2D eigenvalue weighted by molar-refractivity contribution is 5.62. The number of pyridine rings is 1. The van der Waals surface area contributed by atoms with Gasteiger partial charge in [-0.1, -0.05) is 24.3 Å². The van der Waals surface area contributed by atoms with E-state index in [0.29, 0.717) is 23.8 Å². The second-order valence-electron chi connectivity index (χ2n) is 10.7. The molecule has 0 saturated carbocycles. The minimum absolute atomic E-state index is 0.559. The van der Waals surface area contributed by atoms with Gasteiger partial charge in [-0.25, -0.2) is 9.97 Å². The molecule has 10 heteroatoms. The molecule has 0 bridgehead atoms. The summed E-state index contributed by atoms with van der Waals surface area (Å²) in [4.78, 5) is 22.6. The molecule has 1 saturated heterocycles. The van der Waals surface area contributed by atoms with Crippen molar-refractivity contribution in [1.29, 1.82) is 0 Å². The fourth-order valence-electron chi connectivity index (χ4n) is 5.06. The maximum Gasteiger partial charge on any atom is 0.416 e. The predicted molar refractivity (Wildman–Crippen MR) is 161 cm³/mol. The van der Waals surface area contributed by atoms with Crippen molar-refractivity contribution in [3.05, 3.63) is 96.4 Å². The van der Waals surface area contributed by atoms with Crippen molar-refractivity contribution in [3.8, 4) is 11.3 Å². The van der Waals surface area contributed by atoms with Gasteiger partial charge in [-0.3, -0.25) is 4.98 Å². The third kappa shape index (κ3) is 7.63. The molecule has 5 rings (SSSR count). The molecule has 2 aromatic heterocycles. The van der Waals surface area contributed by atoms with Crippen LogP contribution < -0.4 is 9.80 Å². The number of likely N-dealkylation sites (N-methyl/N-ethyl adjacent to an activating group) is 1. The lowest BCUT2D eigenvalue weighted by Crippen LogP contribution is -2.45. The summed E-state index contributed by atoms with van der Waals surface area (Å²) in [7, 11) is 4.18. The van der Waals surface area contributed by atoms with Gasteiger partial charge in [0.05, 0.1) is 11.3 Å². The largest absolute Gasteiger partial charge is 0.416 e. The van der Waals surface area contributed by atoms with Crippen LogP contribution in [0.1, 0.15) is 17.5 Å². The average Bonchev–Trinajstić information content (AvgIpc) is 3.01. The minimum Gasteiger partial charge on any atom is -0.345 e. The van der Waals surface area contributed by atoms with E-state index in [0.717, 1.165) is 74.8 Å². The number of halogens is 3. The number of piperazine rings is 1. The van der Waals surface area contributed by atoms with E-state index in [1.54, 1.807) is 24.7 Å². The first-order chi connectivity index (χ1) is 20.3. The second kappa shape index (κ2) is 13.3. The monoisotopic (exact) mass is 575 g/mol. The molecule has 7 nitrogen and oxygen atoms in total. The molecular weight excluding hydrogens is 539 g/mol. The highest BCUT2D eigenvalue weighted by Gasteiger charge is 2.30. The van der Waals surface area contributed by atoms with Gasteiger partial charge in [-0.2, -0.15) is 13.2 Å². The topological polar surface area (TPSA) is 51.6 Å². The zero-order valence-electron chi connectivity index (χ0n) is 24.0. The molecule has 0 N–H and O–H groups in total. The second-order valence-corrected chi connectivity index (χ2v) is 10.7. The maximum atomic E-state index is 13.1. The standard InChI is InChI=1S/C32H36F3N7/c1-39-20-22-41(23-21-39)18-3-19-42(24-25-4-10-28(11-5-25)40(2)29-12-15-36-16-13-29)31-37-17-14-30(38-31)26-6-8-27(9-7-26)32(33,34)35/h4-17H,3,18-24H2,1-2H3. The van der Waals surface area contributed by atoms with Crippen molar-refractivity contribution < 1.29 is 13.2 Å². The summed E-state index contributed by atoms with van der Waals surface area (Å²) in [6, 6.07) is 19.2. The smallest absolute Gasteiger partial charge is 0.345 e. The number of anilines is 3. The Morgan fingerprint density at radius 1 is 0.810 bits per heavy atom. The van der Waals surface area contributed by atoms with Gasteiger partial charge in [0.15, 0.2) is 0 Å². The normalized spacial score (nSPS) is 14.6. The summed E-state index contributed by atoms with van der Waals surface area (Å²) >= 11 is 0. The highest BCUT2D eigenvalue weighted by Crippen LogP contribution is 2.31. The minimum atomic E-state index is -4.38. The van der Waals surface area contributed by atoms with E-state index >= 15 is 0 Å². The number of nitrogens with zero attached hydrogens (tertiary/aromatic N) is 7. The van der Waals surface area contributed by atoms with Crippen molar-refractivity contribution in [3.63, 3.8) is 0 Å². The van der Waals surface area contributed by atoms with Gasteiger partial charge in [0.25, 0.3) is 0 Å². The number of rotatable bonds is 10. The summed E-state index contributed by atoms with van der Waals surface area (Å²) in [5.74, 6) is 0.559. The lowest BCUT2D eigenvalue weighted by molar-refractivity contribution is -0.137. The van der Waals surface area contributed by atoms with Crippen LogP contribution in [-0.4, -0.2) is 78.1 Å². The first kappa shape index (κ1) is 29.5. The average molecular weight is 576 g/mol. The molecule has 0 amide bonds. The van der Waals surface area contributed by atoms with Crippen LogP contribution in [0.2, 0.25) is 0 Å². The van der Waals surface area contributed by atoms with Crippen molar-refractivity contribution >= 4 is 17.3 Å². The maximum absolute atomic E-state index is 13.1. The first-order valence-corrected chi connectivity index (χ1v) is 14.2. The van der Waals surface area contributed by atoms with Crippen LogP contribution in [0, 0.1) is 0 Å². The van der Waals surface area contributed by atoms with Crippen LogP contribution >= 0.6 is 0 Å². The van der Waals surface area contributed by atoms with Crippen molar-refractivity contribution in [2.45, 2.75) is 19.1 Å². The number of aromatic nitrogens is 3. The Labute approximate surface area is 245 Å². The SMILES string of the molecule is CN1CCN(CCCN(Cc2ccc(N(C)c3ccncc3)cc2)c2nccc(-c3ccc(C(F)(F)F)cc3)n2)CC1. The first-order valence-electron chi connectivity index (χ1n) is 14.2. The van der Waals surface area contributed by atoms with E-state index in [4.69, 9.17) is 4.98 Å². The van der Waals surface area contributed by atoms with Crippen LogP contribution in [0.3, 0.4) is 0 Å². The van der Waals surface area contributed by atoms with E-state index in [-0.39, 0.29) is 0 Å².